The van der Waals surface area contributed by atoms with Crippen molar-refractivity contribution in [3.63, 3.8) is 0 Å². The standard InChI is InChI=1S/C17H17BrFNO/c1-2-6-16(12-7-4-3-5-8-12)20-17(21)14-10-9-13(18)11-15(14)19/h3-5,7-11,16H,2,6H2,1H3,(H,20,21). The van der Waals surface area contributed by atoms with Crippen molar-refractivity contribution < 1.29 is 9.18 Å². The van der Waals surface area contributed by atoms with Crippen molar-refractivity contribution in [3.05, 3.63) is 69.9 Å². The van der Waals surface area contributed by atoms with E-state index >= 15 is 0 Å². The summed E-state index contributed by atoms with van der Waals surface area (Å²) < 4.78 is 14.5. The van der Waals surface area contributed by atoms with E-state index in [4.69, 9.17) is 0 Å². The Balaban J connectivity index is 2.18. The van der Waals surface area contributed by atoms with E-state index in [0.29, 0.717) is 4.47 Å². The third-order valence-electron chi connectivity index (χ3n) is 3.26. The van der Waals surface area contributed by atoms with Crippen LogP contribution < -0.4 is 5.32 Å². The summed E-state index contributed by atoms with van der Waals surface area (Å²) in [5, 5.41) is 2.92. The van der Waals surface area contributed by atoms with Crippen LogP contribution in [-0.4, -0.2) is 5.91 Å². The van der Waals surface area contributed by atoms with Crippen molar-refractivity contribution in [2.45, 2.75) is 25.8 Å². The van der Waals surface area contributed by atoms with Crippen LogP contribution in [0, 0.1) is 5.82 Å². The van der Waals surface area contributed by atoms with E-state index in [1.165, 1.54) is 12.1 Å². The zero-order valence-corrected chi connectivity index (χ0v) is 13.4. The number of halogens is 2. The summed E-state index contributed by atoms with van der Waals surface area (Å²) in [4.78, 5) is 12.3. The van der Waals surface area contributed by atoms with Crippen LogP contribution >= 0.6 is 15.9 Å². The topological polar surface area (TPSA) is 29.1 Å². The van der Waals surface area contributed by atoms with Crippen molar-refractivity contribution in [1.82, 2.24) is 5.32 Å². The van der Waals surface area contributed by atoms with Crippen LogP contribution in [0.4, 0.5) is 4.39 Å². The highest BCUT2D eigenvalue weighted by Gasteiger charge is 2.17. The van der Waals surface area contributed by atoms with Gasteiger partial charge in [0.1, 0.15) is 5.82 Å². The lowest BCUT2D eigenvalue weighted by Crippen LogP contribution is -2.29. The Morgan fingerprint density at radius 2 is 1.95 bits per heavy atom. The van der Waals surface area contributed by atoms with Crippen LogP contribution in [0.1, 0.15) is 41.7 Å². The normalized spacial score (nSPS) is 12.0. The molecule has 0 aromatic heterocycles. The maximum absolute atomic E-state index is 13.8. The second-order valence-corrected chi connectivity index (χ2v) is 5.77. The Labute approximate surface area is 132 Å². The molecule has 0 radical (unpaired) electrons. The van der Waals surface area contributed by atoms with Crippen LogP contribution in [-0.2, 0) is 0 Å². The van der Waals surface area contributed by atoms with Gasteiger partial charge in [-0.05, 0) is 30.2 Å². The summed E-state index contributed by atoms with van der Waals surface area (Å²) in [6, 6.07) is 14.1. The predicted octanol–water partition coefficient (Wildman–Crippen LogP) is 4.86. The first-order valence-corrected chi connectivity index (χ1v) is 7.72. The van der Waals surface area contributed by atoms with Gasteiger partial charge in [0.2, 0.25) is 0 Å². The fourth-order valence-electron chi connectivity index (χ4n) is 2.21. The number of benzene rings is 2. The number of nitrogens with one attached hydrogen (secondary N) is 1. The summed E-state index contributed by atoms with van der Waals surface area (Å²) in [7, 11) is 0. The van der Waals surface area contributed by atoms with Gasteiger partial charge in [-0.25, -0.2) is 4.39 Å². The molecule has 21 heavy (non-hydrogen) atoms. The summed E-state index contributed by atoms with van der Waals surface area (Å²) in [5.41, 5.74) is 1.10. The minimum absolute atomic E-state index is 0.0650. The van der Waals surface area contributed by atoms with Gasteiger partial charge in [0.25, 0.3) is 5.91 Å². The Bertz CT molecular complexity index is 615. The molecule has 110 valence electrons. The largest absolute Gasteiger partial charge is 0.345 e. The molecule has 1 amide bonds. The number of hydrogen-bond acceptors (Lipinski definition) is 1. The molecular formula is C17H17BrFNO. The van der Waals surface area contributed by atoms with Gasteiger partial charge in [0.15, 0.2) is 0 Å². The molecule has 2 nitrogen and oxygen atoms in total. The number of carbonyl (C=O) groups excluding carboxylic acids is 1. The molecule has 1 atom stereocenters. The Kier molecular flexibility index (Phi) is 5.51. The molecule has 1 N–H and O–H groups in total. The lowest BCUT2D eigenvalue weighted by Gasteiger charge is -2.19. The fourth-order valence-corrected chi connectivity index (χ4v) is 2.54. The van der Waals surface area contributed by atoms with Crippen LogP contribution in [0.25, 0.3) is 0 Å². The number of hydrogen-bond donors (Lipinski definition) is 1. The molecule has 2 aromatic carbocycles. The Hall–Kier alpha value is -1.68. The van der Waals surface area contributed by atoms with Gasteiger partial charge in [-0.3, -0.25) is 4.79 Å². The van der Waals surface area contributed by atoms with Gasteiger partial charge in [0.05, 0.1) is 11.6 Å². The monoisotopic (exact) mass is 349 g/mol. The number of rotatable bonds is 5. The highest BCUT2D eigenvalue weighted by atomic mass is 79.9. The molecule has 0 heterocycles. The fraction of sp³-hybridized carbons (Fsp3) is 0.235. The quantitative estimate of drug-likeness (QED) is 0.820. The van der Waals surface area contributed by atoms with E-state index in [1.54, 1.807) is 6.07 Å². The van der Waals surface area contributed by atoms with Crippen molar-refractivity contribution in [2.24, 2.45) is 0 Å². The number of amides is 1. The number of carbonyl (C=O) groups is 1. The third kappa shape index (κ3) is 4.14. The Morgan fingerprint density at radius 1 is 1.24 bits per heavy atom. The Morgan fingerprint density at radius 3 is 2.57 bits per heavy atom. The van der Waals surface area contributed by atoms with Crippen molar-refractivity contribution >= 4 is 21.8 Å². The van der Waals surface area contributed by atoms with Crippen LogP contribution in [0.3, 0.4) is 0 Å². The van der Waals surface area contributed by atoms with Gasteiger partial charge in [0, 0.05) is 4.47 Å². The lowest BCUT2D eigenvalue weighted by molar-refractivity contribution is 0.0930. The van der Waals surface area contributed by atoms with Gasteiger partial charge >= 0.3 is 0 Å². The van der Waals surface area contributed by atoms with Crippen LogP contribution in [0.5, 0.6) is 0 Å². The maximum atomic E-state index is 13.8. The molecule has 1 unspecified atom stereocenters. The summed E-state index contributed by atoms with van der Waals surface area (Å²) in [5.74, 6) is -0.910. The molecule has 0 spiro atoms. The van der Waals surface area contributed by atoms with Crippen molar-refractivity contribution in [1.29, 1.82) is 0 Å². The second-order valence-electron chi connectivity index (χ2n) is 4.85. The molecule has 0 aliphatic carbocycles. The van der Waals surface area contributed by atoms with E-state index in [-0.39, 0.29) is 17.5 Å². The molecule has 2 rings (SSSR count). The van der Waals surface area contributed by atoms with Gasteiger partial charge in [-0.2, -0.15) is 0 Å². The molecule has 0 saturated heterocycles. The second kappa shape index (κ2) is 7.36. The molecule has 0 aliphatic rings. The molecule has 2 aromatic rings. The van der Waals surface area contributed by atoms with E-state index in [0.717, 1.165) is 18.4 Å². The predicted molar refractivity (Wildman–Crippen MR) is 85.7 cm³/mol. The SMILES string of the molecule is CCCC(NC(=O)c1ccc(Br)cc1F)c1ccccc1. The van der Waals surface area contributed by atoms with E-state index < -0.39 is 5.82 Å². The lowest BCUT2D eigenvalue weighted by atomic mass is 10.0. The first-order chi connectivity index (χ1) is 10.1. The van der Waals surface area contributed by atoms with E-state index in [2.05, 4.69) is 28.2 Å². The molecule has 0 fully saturated rings. The molecule has 0 bridgehead atoms. The summed E-state index contributed by atoms with van der Waals surface area (Å²) >= 11 is 3.19. The minimum Gasteiger partial charge on any atom is -0.345 e. The maximum Gasteiger partial charge on any atom is 0.254 e. The van der Waals surface area contributed by atoms with Crippen molar-refractivity contribution in [2.75, 3.05) is 0 Å². The zero-order chi connectivity index (χ0) is 15.2. The smallest absolute Gasteiger partial charge is 0.254 e. The molecule has 4 heteroatoms. The average molecular weight is 350 g/mol. The van der Waals surface area contributed by atoms with Gasteiger partial charge in [-0.15, -0.1) is 0 Å². The highest BCUT2D eigenvalue weighted by molar-refractivity contribution is 9.10. The minimum atomic E-state index is -0.523. The molecule has 0 aliphatic heterocycles. The van der Waals surface area contributed by atoms with E-state index in [1.807, 2.05) is 30.3 Å². The van der Waals surface area contributed by atoms with Gasteiger partial charge in [-0.1, -0.05) is 59.6 Å². The first-order valence-electron chi connectivity index (χ1n) is 6.92. The van der Waals surface area contributed by atoms with Crippen LogP contribution in [0.15, 0.2) is 53.0 Å². The zero-order valence-electron chi connectivity index (χ0n) is 11.8. The first kappa shape index (κ1) is 15.7. The molecule has 0 saturated carbocycles. The van der Waals surface area contributed by atoms with Gasteiger partial charge < -0.3 is 5.32 Å². The summed E-state index contributed by atoms with van der Waals surface area (Å²) in [6.07, 6.45) is 1.75. The average Bonchev–Trinajstić information content (AvgIpc) is 2.47. The summed E-state index contributed by atoms with van der Waals surface area (Å²) in [6.45, 7) is 2.06. The highest BCUT2D eigenvalue weighted by Crippen LogP contribution is 2.20. The van der Waals surface area contributed by atoms with E-state index in [9.17, 15) is 9.18 Å². The van der Waals surface area contributed by atoms with Crippen LogP contribution in [0.2, 0.25) is 0 Å². The molecular weight excluding hydrogens is 333 g/mol. The third-order valence-corrected chi connectivity index (χ3v) is 3.75. The van der Waals surface area contributed by atoms with Crippen molar-refractivity contribution in [3.8, 4) is 0 Å².